The SMILES string of the molecule is COc1cc2c(c(OC)c1OC)-c1ccc(N[C@H](C)C(=O)Nc3nc4ccc(OC(F)(F)F)cc4s3)c(=O)cc1[C@H](NC(C)=O)CC2. The van der Waals surface area contributed by atoms with Gasteiger partial charge in [-0.05, 0) is 66.8 Å². The summed E-state index contributed by atoms with van der Waals surface area (Å²) in [5, 5.41) is 8.69. The molecular weight excluding hydrogens is 641 g/mol. The molecule has 0 saturated carbocycles. The molecule has 248 valence electrons. The highest BCUT2D eigenvalue weighted by Crippen LogP contribution is 2.50. The molecule has 47 heavy (non-hydrogen) atoms. The lowest BCUT2D eigenvalue weighted by molar-refractivity contribution is -0.274. The third-order valence-electron chi connectivity index (χ3n) is 7.50. The smallest absolute Gasteiger partial charge is 0.493 e. The van der Waals surface area contributed by atoms with E-state index in [1.54, 1.807) is 19.1 Å². The molecule has 0 unspecified atom stereocenters. The maximum Gasteiger partial charge on any atom is 0.573 e. The summed E-state index contributed by atoms with van der Waals surface area (Å²) in [4.78, 5) is 43.2. The first-order valence-corrected chi connectivity index (χ1v) is 15.1. The van der Waals surface area contributed by atoms with Crippen LogP contribution in [0.5, 0.6) is 23.0 Å². The molecule has 2 atom stereocenters. The molecule has 3 N–H and O–H groups in total. The van der Waals surface area contributed by atoms with Gasteiger partial charge in [0, 0.05) is 18.6 Å². The number of alkyl halides is 3. The number of thiazole rings is 1. The number of benzene rings is 2. The second-order valence-corrected chi connectivity index (χ2v) is 11.7. The Kier molecular flexibility index (Phi) is 9.47. The van der Waals surface area contributed by atoms with Crippen molar-refractivity contribution in [2.75, 3.05) is 32.0 Å². The lowest BCUT2D eigenvalue weighted by Gasteiger charge is -2.19. The Hall–Kier alpha value is -5.05. The maximum absolute atomic E-state index is 13.6. The number of amides is 2. The van der Waals surface area contributed by atoms with Crippen LogP contribution in [0.4, 0.5) is 24.0 Å². The van der Waals surface area contributed by atoms with E-state index in [1.807, 2.05) is 6.07 Å². The number of anilines is 2. The average Bonchev–Trinajstić information content (AvgIpc) is 3.26. The van der Waals surface area contributed by atoms with Crippen molar-refractivity contribution < 1.29 is 41.7 Å². The number of carbonyl (C=O) groups excluding carboxylic acids is 2. The molecule has 0 fully saturated rings. The van der Waals surface area contributed by atoms with E-state index in [0.29, 0.717) is 57.0 Å². The van der Waals surface area contributed by atoms with E-state index in [2.05, 4.69) is 25.7 Å². The highest BCUT2D eigenvalue weighted by molar-refractivity contribution is 7.22. The molecule has 2 amide bonds. The fraction of sp³-hybridized carbons (Fsp3) is 0.312. The zero-order valence-electron chi connectivity index (χ0n) is 26.0. The second kappa shape index (κ2) is 13.4. The van der Waals surface area contributed by atoms with E-state index < -0.39 is 35.5 Å². The molecule has 0 saturated heterocycles. The Balaban J connectivity index is 1.47. The monoisotopic (exact) mass is 672 g/mol. The Morgan fingerprint density at radius 3 is 2.43 bits per heavy atom. The van der Waals surface area contributed by atoms with E-state index in [0.717, 1.165) is 23.0 Å². The van der Waals surface area contributed by atoms with Gasteiger partial charge in [-0.15, -0.1) is 13.2 Å². The van der Waals surface area contributed by atoms with Gasteiger partial charge in [0.25, 0.3) is 0 Å². The van der Waals surface area contributed by atoms with Gasteiger partial charge in [0.2, 0.25) is 23.0 Å². The van der Waals surface area contributed by atoms with E-state index in [-0.39, 0.29) is 16.7 Å². The molecule has 1 aliphatic carbocycles. The Bertz CT molecular complexity index is 1910. The molecule has 15 heteroatoms. The predicted molar refractivity (Wildman–Crippen MR) is 171 cm³/mol. The number of hydrogen-bond acceptors (Lipinski definition) is 10. The number of rotatable bonds is 9. The van der Waals surface area contributed by atoms with Crippen molar-refractivity contribution in [1.29, 1.82) is 0 Å². The minimum Gasteiger partial charge on any atom is -0.493 e. The summed E-state index contributed by atoms with van der Waals surface area (Å²) in [5.41, 5.74) is 2.78. The summed E-state index contributed by atoms with van der Waals surface area (Å²) in [5.74, 6) is 0.0321. The molecule has 0 bridgehead atoms. The highest BCUT2D eigenvalue weighted by atomic mass is 32.1. The zero-order chi connectivity index (χ0) is 34.0. The van der Waals surface area contributed by atoms with Gasteiger partial charge in [-0.25, -0.2) is 4.98 Å². The molecule has 4 aromatic rings. The van der Waals surface area contributed by atoms with Gasteiger partial charge in [0.1, 0.15) is 11.8 Å². The summed E-state index contributed by atoms with van der Waals surface area (Å²) >= 11 is 0.972. The first kappa shape index (κ1) is 33.3. The van der Waals surface area contributed by atoms with Crippen LogP contribution >= 0.6 is 11.3 Å². The molecule has 0 aliphatic heterocycles. The quantitative estimate of drug-likeness (QED) is 0.201. The van der Waals surface area contributed by atoms with E-state index >= 15 is 0 Å². The average molecular weight is 673 g/mol. The number of nitrogens with one attached hydrogen (secondary N) is 3. The van der Waals surface area contributed by atoms with Crippen molar-refractivity contribution in [3.63, 3.8) is 0 Å². The van der Waals surface area contributed by atoms with Crippen LogP contribution in [-0.2, 0) is 16.0 Å². The fourth-order valence-corrected chi connectivity index (χ4v) is 6.39. The molecule has 11 nitrogen and oxygen atoms in total. The van der Waals surface area contributed by atoms with Crippen molar-refractivity contribution in [1.82, 2.24) is 10.3 Å². The topological polar surface area (TPSA) is 137 Å². The molecule has 0 spiro atoms. The van der Waals surface area contributed by atoms with Crippen LogP contribution in [0.1, 0.15) is 37.4 Å². The van der Waals surface area contributed by atoms with Gasteiger partial charge < -0.3 is 34.9 Å². The standard InChI is InChI=1S/C32H31F3N4O7S/c1-15(30(42)39-31-38-23-10-7-18(13-26(23)47-31)46-32(33,34)35)36-22-11-8-19-20(14-24(22)41)21(37-16(2)40)9-6-17-12-25(43-3)28(44-4)29(45-5)27(17)19/h7-8,10-15,21H,6,9H2,1-5H3,(H,36,41)(H,37,40)(H,38,39,42)/t15-,21-/m1/s1. The molecule has 5 rings (SSSR count). The molecule has 1 heterocycles. The number of aryl methyl sites for hydroxylation is 1. The Morgan fingerprint density at radius 1 is 1.02 bits per heavy atom. The third kappa shape index (κ3) is 7.19. The zero-order valence-corrected chi connectivity index (χ0v) is 26.8. The number of nitrogens with zero attached hydrogens (tertiary/aromatic N) is 1. The number of fused-ring (bicyclic) bond motifs is 4. The highest BCUT2D eigenvalue weighted by Gasteiger charge is 2.32. The van der Waals surface area contributed by atoms with E-state index in [4.69, 9.17) is 14.2 Å². The van der Waals surface area contributed by atoms with Crippen molar-refractivity contribution in [3.8, 4) is 34.1 Å². The summed E-state index contributed by atoms with van der Waals surface area (Å²) in [6, 6.07) is 8.80. The van der Waals surface area contributed by atoms with Crippen LogP contribution in [0, 0.1) is 0 Å². The minimum absolute atomic E-state index is 0.113. The Morgan fingerprint density at radius 2 is 1.77 bits per heavy atom. The van der Waals surface area contributed by atoms with Crippen molar-refractivity contribution >= 4 is 44.2 Å². The minimum atomic E-state index is -4.84. The summed E-state index contributed by atoms with van der Waals surface area (Å²) in [7, 11) is 4.52. The van der Waals surface area contributed by atoms with Gasteiger partial charge >= 0.3 is 6.36 Å². The lowest BCUT2D eigenvalue weighted by Crippen LogP contribution is -2.33. The van der Waals surface area contributed by atoms with Crippen LogP contribution in [0.15, 0.2) is 47.3 Å². The van der Waals surface area contributed by atoms with Crippen LogP contribution < -0.4 is 40.3 Å². The van der Waals surface area contributed by atoms with E-state index in [1.165, 1.54) is 46.5 Å². The summed E-state index contributed by atoms with van der Waals surface area (Å²) in [6.45, 7) is 2.95. The molecule has 1 aromatic heterocycles. The number of carbonyl (C=O) groups is 2. The van der Waals surface area contributed by atoms with Crippen LogP contribution in [0.3, 0.4) is 0 Å². The maximum atomic E-state index is 13.6. The first-order chi connectivity index (χ1) is 22.3. The lowest BCUT2D eigenvalue weighted by atomic mass is 9.95. The summed E-state index contributed by atoms with van der Waals surface area (Å²) < 4.78 is 59.2. The predicted octanol–water partition coefficient (Wildman–Crippen LogP) is 5.81. The van der Waals surface area contributed by atoms with Gasteiger partial charge in [-0.1, -0.05) is 17.4 Å². The summed E-state index contributed by atoms with van der Waals surface area (Å²) in [6.07, 6.45) is -3.83. The molecule has 0 radical (unpaired) electrons. The van der Waals surface area contributed by atoms with Gasteiger partial charge in [0.05, 0.1) is 43.3 Å². The Labute approximate surface area is 271 Å². The fourth-order valence-electron chi connectivity index (χ4n) is 5.49. The number of ether oxygens (including phenoxy) is 4. The number of aromatic nitrogens is 1. The van der Waals surface area contributed by atoms with Crippen molar-refractivity contribution in [3.05, 3.63) is 63.8 Å². The van der Waals surface area contributed by atoms with Crippen molar-refractivity contribution in [2.24, 2.45) is 0 Å². The van der Waals surface area contributed by atoms with Gasteiger partial charge in [0.15, 0.2) is 16.6 Å². The van der Waals surface area contributed by atoms with Gasteiger partial charge in [-0.2, -0.15) is 0 Å². The van der Waals surface area contributed by atoms with Crippen LogP contribution in [-0.4, -0.2) is 50.5 Å². The van der Waals surface area contributed by atoms with Crippen molar-refractivity contribution in [2.45, 2.75) is 45.1 Å². The number of hydrogen-bond donors (Lipinski definition) is 3. The van der Waals surface area contributed by atoms with Gasteiger partial charge in [-0.3, -0.25) is 14.4 Å². The van der Waals surface area contributed by atoms with Crippen LogP contribution in [0.25, 0.3) is 21.3 Å². The molecular formula is C32H31F3N4O7S. The largest absolute Gasteiger partial charge is 0.573 e. The second-order valence-electron chi connectivity index (χ2n) is 10.6. The van der Waals surface area contributed by atoms with E-state index in [9.17, 15) is 27.6 Å². The number of halogens is 3. The molecule has 3 aromatic carbocycles. The third-order valence-corrected chi connectivity index (χ3v) is 8.44. The normalized spacial score (nSPS) is 14.6. The first-order valence-electron chi connectivity index (χ1n) is 14.3. The number of methoxy groups -OCH3 is 3. The van der Waals surface area contributed by atoms with Crippen LogP contribution in [0.2, 0.25) is 0 Å². The molecule has 1 aliphatic rings.